The first-order valence-electron chi connectivity index (χ1n) is 5.81. The lowest BCUT2D eigenvalue weighted by Crippen LogP contribution is -2.48. The van der Waals surface area contributed by atoms with Gasteiger partial charge in [0.25, 0.3) is 0 Å². The molecular weight excluding hydrogens is 198 g/mol. The van der Waals surface area contributed by atoms with Gasteiger partial charge in [0.2, 0.25) is 0 Å². The fourth-order valence-electron chi connectivity index (χ4n) is 1.71. The summed E-state index contributed by atoms with van der Waals surface area (Å²) < 4.78 is 0. The van der Waals surface area contributed by atoms with Crippen LogP contribution in [0.5, 0.6) is 0 Å². The van der Waals surface area contributed by atoms with Crippen LogP contribution in [0.2, 0.25) is 0 Å². The highest BCUT2D eigenvalue weighted by Gasteiger charge is 2.21. The van der Waals surface area contributed by atoms with Crippen LogP contribution in [0.15, 0.2) is 24.5 Å². The fourth-order valence-corrected chi connectivity index (χ4v) is 1.71. The highest BCUT2D eigenvalue weighted by atomic mass is 15.2. The van der Waals surface area contributed by atoms with Crippen molar-refractivity contribution in [1.29, 1.82) is 0 Å². The number of hydrogen-bond donors (Lipinski definition) is 1. The quantitative estimate of drug-likeness (QED) is 0.790. The fraction of sp³-hybridized carbons (Fsp3) is 0.615. The molecule has 0 saturated carbocycles. The Labute approximate surface area is 98.9 Å². The Kier molecular flexibility index (Phi) is 4.90. The summed E-state index contributed by atoms with van der Waals surface area (Å²) in [6.45, 7) is 6.57. The molecular formula is C13H23N3. The third kappa shape index (κ3) is 3.91. The predicted molar refractivity (Wildman–Crippen MR) is 68.6 cm³/mol. The van der Waals surface area contributed by atoms with Crippen molar-refractivity contribution in [2.45, 2.75) is 25.8 Å². The Morgan fingerprint density at radius 2 is 2.19 bits per heavy atom. The standard InChI is InChI=1S/C13H23N3/c1-13(2,11-14-3)16(4)9-7-12-6-5-8-15-10-12/h5-6,8,10,14H,7,9,11H2,1-4H3. The summed E-state index contributed by atoms with van der Waals surface area (Å²) in [5.74, 6) is 0. The van der Waals surface area contributed by atoms with Crippen LogP contribution in [0.4, 0.5) is 0 Å². The number of likely N-dealkylation sites (N-methyl/N-ethyl adjacent to an activating group) is 2. The van der Waals surface area contributed by atoms with E-state index in [1.54, 1.807) is 0 Å². The van der Waals surface area contributed by atoms with Crippen LogP contribution in [-0.2, 0) is 6.42 Å². The highest BCUT2D eigenvalue weighted by molar-refractivity contribution is 5.08. The molecule has 3 heteroatoms. The van der Waals surface area contributed by atoms with Gasteiger partial charge in [0.15, 0.2) is 0 Å². The lowest BCUT2D eigenvalue weighted by atomic mass is 10.0. The van der Waals surface area contributed by atoms with Crippen molar-refractivity contribution < 1.29 is 0 Å². The Morgan fingerprint density at radius 3 is 2.75 bits per heavy atom. The monoisotopic (exact) mass is 221 g/mol. The molecule has 90 valence electrons. The first kappa shape index (κ1) is 13.1. The second kappa shape index (κ2) is 5.97. The molecule has 0 aromatic carbocycles. The molecule has 0 amide bonds. The summed E-state index contributed by atoms with van der Waals surface area (Å²) in [5.41, 5.74) is 1.49. The lowest BCUT2D eigenvalue weighted by molar-refractivity contribution is 0.157. The van der Waals surface area contributed by atoms with E-state index in [-0.39, 0.29) is 5.54 Å². The van der Waals surface area contributed by atoms with Gasteiger partial charge in [-0.3, -0.25) is 9.88 Å². The molecule has 0 aliphatic rings. The number of nitrogens with one attached hydrogen (secondary N) is 1. The molecule has 0 aliphatic carbocycles. The van der Waals surface area contributed by atoms with E-state index in [4.69, 9.17) is 0 Å². The molecule has 1 rings (SSSR count). The van der Waals surface area contributed by atoms with Crippen molar-refractivity contribution in [2.75, 3.05) is 27.2 Å². The summed E-state index contributed by atoms with van der Waals surface area (Å²) in [6.07, 6.45) is 4.81. The molecule has 1 N–H and O–H groups in total. The summed E-state index contributed by atoms with van der Waals surface area (Å²) in [6, 6.07) is 4.12. The molecule has 0 saturated heterocycles. The van der Waals surface area contributed by atoms with Crippen molar-refractivity contribution in [2.24, 2.45) is 0 Å². The highest BCUT2D eigenvalue weighted by Crippen LogP contribution is 2.11. The molecule has 3 nitrogen and oxygen atoms in total. The minimum Gasteiger partial charge on any atom is -0.318 e. The van der Waals surface area contributed by atoms with Crippen LogP contribution >= 0.6 is 0 Å². The molecule has 0 atom stereocenters. The van der Waals surface area contributed by atoms with Gasteiger partial charge in [-0.05, 0) is 46.0 Å². The van der Waals surface area contributed by atoms with Crippen molar-refractivity contribution in [3.05, 3.63) is 30.1 Å². The summed E-state index contributed by atoms with van der Waals surface area (Å²) in [5, 5.41) is 3.23. The summed E-state index contributed by atoms with van der Waals surface area (Å²) in [4.78, 5) is 6.52. The Morgan fingerprint density at radius 1 is 1.44 bits per heavy atom. The first-order chi connectivity index (χ1) is 7.56. The predicted octanol–water partition coefficient (Wildman–Crippen LogP) is 1.55. The molecule has 0 aliphatic heterocycles. The van der Waals surface area contributed by atoms with E-state index in [1.807, 2.05) is 25.5 Å². The van der Waals surface area contributed by atoms with Gasteiger partial charge in [0, 0.05) is 31.0 Å². The van der Waals surface area contributed by atoms with E-state index in [0.717, 1.165) is 19.5 Å². The van der Waals surface area contributed by atoms with Crippen LogP contribution in [0.25, 0.3) is 0 Å². The summed E-state index contributed by atoms with van der Waals surface area (Å²) in [7, 11) is 4.17. The van der Waals surface area contributed by atoms with Gasteiger partial charge >= 0.3 is 0 Å². The summed E-state index contributed by atoms with van der Waals surface area (Å²) >= 11 is 0. The molecule has 16 heavy (non-hydrogen) atoms. The minimum absolute atomic E-state index is 0.191. The second-order valence-electron chi connectivity index (χ2n) is 4.88. The zero-order valence-electron chi connectivity index (χ0n) is 10.8. The van der Waals surface area contributed by atoms with Crippen LogP contribution in [0, 0.1) is 0 Å². The van der Waals surface area contributed by atoms with Gasteiger partial charge in [0.05, 0.1) is 0 Å². The number of rotatable bonds is 6. The Bertz CT molecular complexity index is 295. The van der Waals surface area contributed by atoms with E-state index in [9.17, 15) is 0 Å². The van der Waals surface area contributed by atoms with Crippen molar-refractivity contribution >= 4 is 0 Å². The van der Waals surface area contributed by atoms with Crippen molar-refractivity contribution in [3.8, 4) is 0 Å². The smallest absolute Gasteiger partial charge is 0.0300 e. The second-order valence-corrected chi connectivity index (χ2v) is 4.88. The van der Waals surface area contributed by atoms with Crippen LogP contribution in [0.1, 0.15) is 19.4 Å². The number of pyridine rings is 1. The maximum absolute atomic E-state index is 4.13. The Hall–Kier alpha value is -0.930. The largest absolute Gasteiger partial charge is 0.318 e. The van der Waals surface area contributed by atoms with E-state index in [2.05, 4.69) is 42.2 Å². The van der Waals surface area contributed by atoms with Crippen LogP contribution < -0.4 is 5.32 Å². The van der Waals surface area contributed by atoms with Gasteiger partial charge in [-0.1, -0.05) is 6.07 Å². The maximum atomic E-state index is 4.13. The van der Waals surface area contributed by atoms with E-state index in [0.29, 0.717) is 0 Å². The molecule has 1 aromatic heterocycles. The molecule has 0 unspecified atom stereocenters. The molecule has 0 bridgehead atoms. The molecule has 0 spiro atoms. The van der Waals surface area contributed by atoms with Crippen molar-refractivity contribution in [3.63, 3.8) is 0 Å². The normalized spacial score (nSPS) is 12.1. The molecule has 1 aromatic rings. The third-order valence-corrected chi connectivity index (χ3v) is 3.10. The topological polar surface area (TPSA) is 28.2 Å². The average molecular weight is 221 g/mol. The average Bonchev–Trinajstić information content (AvgIpc) is 2.27. The maximum Gasteiger partial charge on any atom is 0.0300 e. The molecule has 1 heterocycles. The zero-order chi connectivity index (χ0) is 12.0. The molecule has 0 fully saturated rings. The minimum atomic E-state index is 0.191. The first-order valence-corrected chi connectivity index (χ1v) is 5.81. The van der Waals surface area contributed by atoms with Gasteiger partial charge in [-0.2, -0.15) is 0 Å². The Balaban J connectivity index is 2.43. The van der Waals surface area contributed by atoms with Gasteiger partial charge < -0.3 is 5.32 Å². The third-order valence-electron chi connectivity index (χ3n) is 3.10. The SMILES string of the molecule is CNCC(C)(C)N(C)CCc1cccnc1. The zero-order valence-corrected chi connectivity index (χ0v) is 10.8. The molecule has 0 radical (unpaired) electrons. The number of hydrogen-bond acceptors (Lipinski definition) is 3. The van der Waals surface area contributed by atoms with Crippen LogP contribution in [0.3, 0.4) is 0 Å². The van der Waals surface area contributed by atoms with E-state index in [1.165, 1.54) is 5.56 Å². The number of aromatic nitrogens is 1. The van der Waals surface area contributed by atoms with Crippen molar-refractivity contribution in [1.82, 2.24) is 15.2 Å². The van der Waals surface area contributed by atoms with Gasteiger partial charge in [-0.25, -0.2) is 0 Å². The van der Waals surface area contributed by atoms with Gasteiger partial charge in [0.1, 0.15) is 0 Å². The van der Waals surface area contributed by atoms with Crippen LogP contribution in [-0.4, -0.2) is 42.6 Å². The lowest BCUT2D eigenvalue weighted by Gasteiger charge is -2.35. The van der Waals surface area contributed by atoms with E-state index < -0.39 is 0 Å². The van der Waals surface area contributed by atoms with Gasteiger partial charge in [-0.15, -0.1) is 0 Å². The van der Waals surface area contributed by atoms with E-state index >= 15 is 0 Å². The number of nitrogens with zero attached hydrogens (tertiary/aromatic N) is 2.